The molecule has 1 aromatic heterocycles. The molecule has 4 nitrogen and oxygen atoms in total. The summed E-state index contributed by atoms with van der Waals surface area (Å²) in [6.07, 6.45) is 0. The van der Waals surface area contributed by atoms with Gasteiger partial charge in [0.15, 0.2) is 5.76 Å². The van der Waals surface area contributed by atoms with Crippen molar-refractivity contribution in [3.05, 3.63) is 72.0 Å². The van der Waals surface area contributed by atoms with Gasteiger partial charge in [-0.15, -0.1) is 0 Å². The van der Waals surface area contributed by atoms with Gasteiger partial charge < -0.3 is 9.42 Å². The molecule has 2 heterocycles. The van der Waals surface area contributed by atoms with E-state index in [1.54, 1.807) is 0 Å². The van der Waals surface area contributed by atoms with Gasteiger partial charge in [0.1, 0.15) is 5.69 Å². The lowest BCUT2D eigenvalue weighted by atomic mass is 10.1. The largest absolute Gasteiger partial charge is 0.369 e. The molecule has 0 bridgehead atoms. The summed E-state index contributed by atoms with van der Waals surface area (Å²) in [5.41, 5.74) is 4.65. The number of hydrogen-bond acceptors (Lipinski definition) is 4. The highest BCUT2D eigenvalue weighted by molar-refractivity contribution is 5.58. The van der Waals surface area contributed by atoms with E-state index in [9.17, 15) is 0 Å². The second-order valence-electron chi connectivity index (χ2n) is 6.65. The van der Waals surface area contributed by atoms with Crippen molar-refractivity contribution in [2.45, 2.75) is 13.5 Å². The number of nitrogens with zero attached hydrogens (tertiary/aromatic N) is 3. The van der Waals surface area contributed by atoms with Gasteiger partial charge in [0.05, 0.1) is 6.54 Å². The first-order chi connectivity index (χ1) is 12.3. The molecule has 0 radical (unpaired) electrons. The average Bonchev–Trinajstić information content (AvgIpc) is 3.12. The van der Waals surface area contributed by atoms with Crippen LogP contribution >= 0.6 is 0 Å². The molecule has 0 spiro atoms. The lowest BCUT2D eigenvalue weighted by Crippen LogP contribution is -2.45. The monoisotopic (exact) mass is 333 g/mol. The second-order valence-corrected chi connectivity index (χ2v) is 6.65. The predicted octanol–water partition coefficient (Wildman–Crippen LogP) is 3.97. The van der Waals surface area contributed by atoms with Crippen molar-refractivity contribution in [2.75, 3.05) is 31.1 Å². The zero-order valence-corrected chi connectivity index (χ0v) is 14.6. The van der Waals surface area contributed by atoms with Gasteiger partial charge in [0, 0.05) is 43.5 Å². The van der Waals surface area contributed by atoms with Crippen molar-refractivity contribution in [3.63, 3.8) is 0 Å². The first kappa shape index (κ1) is 15.9. The van der Waals surface area contributed by atoms with E-state index in [2.05, 4.69) is 64.3 Å². The Labute approximate surface area is 148 Å². The lowest BCUT2D eigenvalue weighted by molar-refractivity contribution is 0.220. The summed E-state index contributed by atoms with van der Waals surface area (Å²) in [5, 5.41) is 4.21. The molecule has 4 rings (SSSR count). The van der Waals surface area contributed by atoms with E-state index in [-0.39, 0.29) is 0 Å². The topological polar surface area (TPSA) is 32.5 Å². The summed E-state index contributed by atoms with van der Waals surface area (Å²) in [5.74, 6) is 0.933. The number of hydrogen-bond donors (Lipinski definition) is 0. The minimum Gasteiger partial charge on any atom is -0.369 e. The molecule has 0 aliphatic carbocycles. The lowest BCUT2D eigenvalue weighted by Gasteiger charge is -2.35. The molecule has 0 saturated carbocycles. The Hall–Kier alpha value is -2.59. The summed E-state index contributed by atoms with van der Waals surface area (Å²) in [6, 6.07) is 21.0. The Morgan fingerprint density at radius 2 is 1.72 bits per heavy atom. The smallest absolute Gasteiger partial charge is 0.151 e. The van der Waals surface area contributed by atoms with Crippen LogP contribution in [-0.4, -0.2) is 36.2 Å². The first-order valence-electron chi connectivity index (χ1n) is 8.83. The molecular formula is C21H23N3O. The van der Waals surface area contributed by atoms with Gasteiger partial charge in [0.2, 0.25) is 0 Å². The molecule has 0 atom stereocenters. The third-order valence-electron chi connectivity index (χ3n) is 4.75. The van der Waals surface area contributed by atoms with Crippen LogP contribution in [0, 0.1) is 6.92 Å². The number of benzene rings is 2. The van der Waals surface area contributed by atoms with Crippen molar-refractivity contribution in [1.29, 1.82) is 0 Å². The van der Waals surface area contributed by atoms with Gasteiger partial charge in [-0.05, 0) is 24.6 Å². The number of rotatable bonds is 4. The Morgan fingerprint density at radius 1 is 0.920 bits per heavy atom. The number of anilines is 1. The van der Waals surface area contributed by atoms with Gasteiger partial charge in [-0.3, -0.25) is 4.90 Å². The fourth-order valence-electron chi connectivity index (χ4n) is 3.34. The van der Waals surface area contributed by atoms with Crippen LogP contribution in [0.15, 0.2) is 65.2 Å². The van der Waals surface area contributed by atoms with Crippen molar-refractivity contribution >= 4 is 5.69 Å². The van der Waals surface area contributed by atoms with Crippen LogP contribution in [-0.2, 0) is 6.54 Å². The van der Waals surface area contributed by atoms with Crippen molar-refractivity contribution in [3.8, 4) is 11.3 Å². The Kier molecular flexibility index (Phi) is 4.53. The van der Waals surface area contributed by atoms with E-state index in [0.29, 0.717) is 0 Å². The maximum Gasteiger partial charge on any atom is 0.151 e. The van der Waals surface area contributed by atoms with Gasteiger partial charge in [-0.1, -0.05) is 47.6 Å². The maximum atomic E-state index is 5.54. The molecule has 2 aromatic carbocycles. The predicted molar refractivity (Wildman–Crippen MR) is 101 cm³/mol. The summed E-state index contributed by atoms with van der Waals surface area (Å²) in [7, 11) is 0. The highest BCUT2D eigenvalue weighted by Crippen LogP contribution is 2.21. The highest BCUT2D eigenvalue weighted by Gasteiger charge is 2.19. The molecule has 3 aromatic rings. The average molecular weight is 333 g/mol. The second kappa shape index (κ2) is 7.11. The van der Waals surface area contributed by atoms with Crippen molar-refractivity contribution in [1.82, 2.24) is 10.1 Å². The third kappa shape index (κ3) is 3.74. The SMILES string of the molecule is Cc1cccc(N2CCN(Cc3cc(-c4ccccc4)no3)CC2)c1. The van der Waals surface area contributed by atoms with Gasteiger partial charge in [0.25, 0.3) is 0 Å². The van der Waals surface area contributed by atoms with E-state index < -0.39 is 0 Å². The summed E-state index contributed by atoms with van der Waals surface area (Å²) >= 11 is 0. The van der Waals surface area contributed by atoms with E-state index in [0.717, 1.165) is 49.7 Å². The van der Waals surface area contributed by atoms with Crippen LogP contribution in [0.25, 0.3) is 11.3 Å². The van der Waals surface area contributed by atoms with Gasteiger partial charge >= 0.3 is 0 Å². The van der Waals surface area contributed by atoms with Crippen LogP contribution in [0.2, 0.25) is 0 Å². The van der Waals surface area contributed by atoms with E-state index in [1.807, 2.05) is 18.2 Å². The van der Waals surface area contributed by atoms with Gasteiger partial charge in [-0.2, -0.15) is 0 Å². The number of aryl methyl sites for hydroxylation is 1. The normalized spacial score (nSPS) is 15.5. The van der Waals surface area contributed by atoms with Crippen LogP contribution < -0.4 is 4.90 Å². The standard InChI is InChI=1S/C21H23N3O/c1-17-6-5-9-19(14-17)24-12-10-23(11-13-24)16-20-15-21(22-25-20)18-7-3-2-4-8-18/h2-9,14-15H,10-13,16H2,1H3. The molecule has 0 amide bonds. The molecule has 1 aliphatic rings. The molecular weight excluding hydrogens is 310 g/mol. The molecule has 0 unspecified atom stereocenters. The highest BCUT2D eigenvalue weighted by atomic mass is 16.5. The zero-order chi connectivity index (χ0) is 17.1. The Morgan fingerprint density at radius 3 is 2.48 bits per heavy atom. The molecule has 1 aliphatic heterocycles. The van der Waals surface area contributed by atoms with Crippen molar-refractivity contribution in [2.24, 2.45) is 0 Å². The summed E-state index contributed by atoms with van der Waals surface area (Å²) in [4.78, 5) is 4.89. The Bertz CT molecular complexity index is 820. The minimum atomic E-state index is 0.821. The quantitative estimate of drug-likeness (QED) is 0.723. The zero-order valence-electron chi connectivity index (χ0n) is 14.6. The number of piperazine rings is 1. The summed E-state index contributed by atoms with van der Waals surface area (Å²) < 4.78 is 5.54. The minimum absolute atomic E-state index is 0.821. The third-order valence-corrected chi connectivity index (χ3v) is 4.75. The summed E-state index contributed by atoms with van der Waals surface area (Å²) in [6.45, 7) is 7.13. The maximum absolute atomic E-state index is 5.54. The molecule has 1 saturated heterocycles. The fraction of sp³-hybridized carbons (Fsp3) is 0.286. The fourth-order valence-corrected chi connectivity index (χ4v) is 3.34. The van der Waals surface area contributed by atoms with E-state index in [4.69, 9.17) is 4.52 Å². The molecule has 1 fully saturated rings. The van der Waals surface area contributed by atoms with Crippen LogP contribution in [0.3, 0.4) is 0 Å². The first-order valence-corrected chi connectivity index (χ1v) is 8.83. The molecule has 128 valence electrons. The molecule has 4 heteroatoms. The van der Waals surface area contributed by atoms with Crippen molar-refractivity contribution < 1.29 is 4.52 Å². The number of aromatic nitrogens is 1. The van der Waals surface area contributed by atoms with Crippen LogP contribution in [0.1, 0.15) is 11.3 Å². The van der Waals surface area contributed by atoms with Gasteiger partial charge in [-0.25, -0.2) is 0 Å². The van der Waals surface area contributed by atoms with Crippen LogP contribution in [0.5, 0.6) is 0 Å². The van der Waals surface area contributed by atoms with E-state index in [1.165, 1.54) is 11.3 Å². The van der Waals surface area contributed by atoms with Crippen LogP contribution in [0.4, 0.5) is 5.69 Å². The Balaban J connectivity index is 1.35. The van der Waals surface area contributed by atoms with E-state index >= 15 is 0 Å². The molecule has 0 N–H and O–H groups in total. The molecule has 25 heavy (non-hydrogen) atoms.